The van der Waals surface area contributed by atoms with Crippen molar-refractivity contribution < 1.29 is 22.3 Å². The Bertz CT molecular complexity index is 656. The van der Waals surface area contributed by atoms with Crippen LogP contribution in [0.3, 0.4) is 0 Å². The van der Waals surface area contributed by atoms with Crippen molar-refractivity contribution in [2.75, 3.05) is 0 Å². The number of hydrogen-bond donors (Lipinski definition) is 0. The number of alkyl halides is 4. The molecule has 0 bridgehead atoms. The highest BCUT2D eigenvalue weighted by Crippen LogP contribution is 2.40. The van der Waals surface area contributed by atoms with Gasteiger partial charge in [0.15, 0.2) is 11.6 Å². The van der Waals surface area contributed by atoms with E-state index in [9.17, 15) is 17.6 Å². The maximum atomic E-state index is 13.7. The second-order valence-electron chi connectivity index (χ2n) is 4.12. The lowest BCUT2D eigenvalue weighted by atomic mass is 10.1. The van der Waals surface area contributed by atoms with Gasteiger partial charge in [0.2, 0.25) is 0 Å². The third-order valence-corrected chi connectivity index (χ3v) is 3.24. The SMILES string of the molecule is Fc1c(Cl)cccc1Oc1ccc(CCl)cc1C(F)(F)F. The Labute approximate surface area is 128 Å². The lowest BCUT2D eigenvalue weighted by Crippen LogP contribution is -2.08. The first-order chi connectivity index (χ1) is 9.82. The predicted octanol–water partition coefficient (Wildman–Crippen LogP) is 6.03. The van der Waals surface area contributed by atoms with Crippen LogP contribution in [0.5, 0.6) is 11.5 Å². The van der Waals surface area contributed by atoms with Gasteiger partial charge >= 0.3 is 6.18 Å². The van der Waals surface area contributed by atoms with Crippen molar-refractivity contribution in [1.82, 2.24) is 0 Å². The predicted molar refractivity (Wildman–Crippen MR) is 72.5 cm³/mol. The van der Waals surface area contributed by atoms with Crippen LogP contribution in [0.15, 0.2) is 36.4 Å². The molecule has 2 aromatic rings. The van der Waals surface area contributed by atoms with Crippen LogP contribution in [-0.4, -0.2) is 0 Å². The van der Waals surface area contributed by atoms with Gasteiger partial charge in [-0.05, 0) is 29.8 Å². The molecule has 0 atom stereocenters. The molecule has 0 aliphatic carbocycles. The molecule has 0 heterocycles. The summed E-state index contributed by atoms with van der Waals surface area (Å²) in [4.78, 5) is 0. The van der Waals surface area contributed by atoms with Crippen molar-refractivity contribution in [3.8, 4) is 11.5 Å². The van der Waals surface area contributed by atoms with Crippen LogP contribution < -0.4 is 4.74 Å². The Balaban J connectivity index is 2.46. The molecule has 0 aromatic heterocycles. The fourth-order valence-electron chi connectivity index (χ4n) is 1.65. The van der Waals surface area contributed by atoms with Crippen molar-refractivity contribution in [3.05, 3.63) is 58.4 Å². The Hall–Kier alpha value is -1.46. The molecule has 1 nitrogen and oxygen atoms in total. The highest BCUT2D eigenvalue weighted by molar-refractivity contribution is 6.30. The Morgan fingerprint density at radius 3 is 2.38 bits per heavy atom. The Kier molecular flexibility index (Phi) is 4.64. The van der Waals surface area contributed by atoms with E-state index >= 15 is 0 Å². The fraction of sp³-hybridized carbons (Fsp3) is 0.143. The molecule has 7 heteroatoms. The summed E-state index contributed by atoms with van der Waals surface area (Å²) in [6.07, 6.45) is -4.65. The topological polar surface area (TPSA) is 9.23 Å². The molecule has 0 radical (unpaired) electrons. The molecule has 0 spiro atoms. The molecule has 0 aliphatic heterocycles. The number of benzene rings is 2. The molecule has 0 fully saturated rings. The molecule has 0 saturated heterocycles. The summed E-state index contributed by atoms with van der Waals surface area (Å²) in [6, 6.07) is 7.18. The van der Waals surface area contributed by atoms with E-state index in [1.807, 2.05) is 0 Å². The maximum Gasteiger partial charge on any atom is 0.419 e. The number of rotatable bonds is 3. The van der Waals surface area contributed by atoms with Gasteiger partial charge in [-0.15, -0.1) is 11.6 Å². The minimum atomic E-state index is -4.65. The number of halogens is 6. The third kappa shape index (κ3) is 3.60. The maximum absolute atomic E-state index is 13.7. The molecule has 0 amide bonds. The summed E-state index contributed by atoms with van der Waals surface area (Å²) in [7, 11) is 0. The van der Waals surface area contributed by atoms with Crippen LogP contribution in [0.1, 0.15) is 11.1 Å². The first kappa shape index (κ1) is 15.9. The van der Waals surface area contributed by atoms with Crippen LogP contribution >= 0.6 is 23.2 Å². The molecular formula is C14H8Cl2F4O. The molecule has 0 unspecified atom stereocenters. The fourth-order valence-corrected chi connectivity index (χ4v) is 1.98. The largest absolute Gasteiger partial charge is 0.454 e. The van der Waals surface area contributed by atoms with E-state index in [0.717, 1.165) is 12.1 Å². The van der Waals surface area contributed by atoms with Crippen molar-refractivity contribution >= 4 is 23.2 Å². The van der Waals surface area contributed by atoms with Gasteiger partial charge in [-0.1, -0.05) is 23.7 Å². The van der Waals surface area contributed by atoms with E-state index in [-0.39, 0.29) is 22.2 Å². The summed E-state index contributed by atoms with van der Waals surface area (Å²) in [5, 5.41) is -0.238. The van der Waals surface area contributed by atoms with Gasteiger partial charge in [-0.2, -0.15) is 13.2 Å². The van der Waals surface area contributed by atoms with E-state index in [0.29, 0.717) is 0 Å². The Morgan fingerprint density at radius 2 is 1.76 bits per heavy atom. The van der Waals surface area contributed by atoms with Crippen molar-refractivity contribution in [3.63, 3.8) is 0 Å². The smallest absolute Gasteiger partial charge is 0.419 e. The van der Waals surface area contributed by atoms with Gasteiger partial charge in [0.05, 0.1) is 10.6 Å². The van der Waals surface area contributed by atoms with Crippen LogP contribution in [-0.2, 0) is 12.1 Å². The first-order valence-corrected chi connectivity index (χ1v) is 6.62. The van der Waals surface area contributed by atoms with E-state index in [1.54, 1.807) is 0 Å². The molecule has 0 aliphatic rings. The van der Waals surface area contributed by atoms with Gasteiger partial charge in [-0.3, -0.25) is 0 Å². The lowest BCUT2D eigenvalue weighted by molar-refractivity contribution is -0.138. The quantitative estimate of drug-likeness (QED) is 0.490. The molecule has 21 heavy (non-hydrogen) atoms. The van der Waals surface area contributed by atoms with Crippen molar-refractivity contribution in [1.29, 1.82) is 0 Å². The number of hydrogen-bond acceptors (Lipinski definition) is 1. The van der Waals surface area contributed by atoms with Crippen LogP contribution in [0.25, 0.3) is 0 Å². The molecule has 112 valence electrons. The van der Waals surface area contributed by atoms with E-state index < -0.39 is 23.3 Å². The van der Waals surface area contributed by atoms with Gasteiger partial charge < -0.3 is 4.74 Å². The second kappa shape index (κ2) is 6.12. The summed E-state index contributed by atoms with van der Waals surface area (Å²) >= 11 is 11.1. The Morgan fingerprint density at radius 1 is 1.05 bits per heavy atom. The first-order valence-electron chi connectivity index (χ1n) is 5.71. The lowest BCUT2D eigenvalue weighted by Gasteiger charge is -2.15. The monoisotopic (exact) mass is 338 g/mol. The normalized spacial score (nSPS) is 11.5. The van der Waals surface area contributed by atoms with Gasteiger partial charge in [0.1, 0.15) is 5.75 Å². The molecule has 0 saturated carbocycles. The average molecular weight is 339 g/mol. The molecular weight excluding hydrogens is 331 g/mol. The summed E-state index contributed by atoms with van der Waals surface area (Å²) in [6.45, 7) is 0. The summed E-state index contributed by atoms with van der Waals surface area (Å²) in [5.74, 6) is -1.90. The third-order valence-electron chi connectivity index (χ3n) is 2.64. The highest BCUT2D eigenvalue weighted by atomic mass is 35.5. The molecule has 2 aromatic carbocycles. The van der Waals surface area contributed by atoms with E-state index in [4.69, 9.17) is 27.9 Å². The summed E-state index contributed by atoms with van der Waals surface area (Å²) < 4.78 is 57.7. The minimum Gasteiger partial charge on any atom is -0.454 e. The van der Waals surface area contributed by atoms with Gasteiger partial charge in [0.25, 0.3) is 0 Å². The van der Waals surface area contributed by atoms with Crippen molar-refractivity contribution in [2.45, 2.75) is 12.1 Å². The van der Waals surface area contributed by atoms with Gasteiger partial charge in [-0.25, -0.2) is 4.39 Å². The molecule has 2 rings (SSSR count). The minimum absolute atomic E-state index is 0.0745. The zero-order valence-corrected chi connectivity index (χ0v) is 11.9. The van der Waals surface area contributed by atoms with Crippen molar-refractivity contribution in [2.24, 2.45) is 0 Å². The summed E-state index contributed by atoms with van der Waals surface area (Å²) in [5.41, 5.74) is -0.747. The van der Waals surface area contributed by atoms with E-state index in [1.165, 1.54) is 24.3 Å². The zero-order valence-electron chi connectivity index (χ0n) is 10.3. The van der Waals surface area contributed by atoms with Crippen LogP contribution in [0.2, 0.25) is 5.02 Å². The molecule has 0 N–H and O–H groups in total. The van der Waals surface area contributed by atoms with Crippen LogP contribution in [0, 0.1) is 5.82 Å². The number of ether oxygens (including phenoxy) is 1. The average Bonchev–Trinajstić information content (AvgIpc) is 2.43. The highest BCUT2D eigenvalue weighted by Gasteiger charge is 2.35. The van der Waals surface area contributed by atoms with Gasteiger partial charge in [0, 0.05) is 5.88 Å². The van der Waals surface area contributed by atoms with E-state index in [2.05, 4.69) is 0 Å². The standard InChI is InChI=1S/C14H8Cl2F4O/c15-7-8-4-5-11(9(6-8)14(18,19)20)21-12-3-1-2-10(16)13(12)17/h1-6H,7H2. The van der Waals surface area contributed by atoms with Crippen LogP contribution in [0.4, 0.5) is 17.6 Å². The second-order valence-corrected chi connectivity index (χ2v) is 4.79. The zero-order chi connectivity index (χ0) is 15.6.